The number of aromatic nitrogens is 1. The Morgan fingerprint density at radius 3 is 2.59 bits per heavy atom. The number of fused-ring (bicyclic) bond motifs is 5. The lowest BCUT2D eigenvalue weighted by molar-refractivity contribution is -0.149. The largest absolute Gasteiger partial charge is 0.357 e. The SMILES string of the molecule is Fc1cccc([C@H]2N3CCC4(CC3)c3[nH]c5ccc(F)cc5c3CCN24)c1. The second kappa shape index (κ2) is 5.40. The summed E-state index contributed by atoms with van der Waals surface area (Å²) in [6.45, 7) is 2.91. The fourth-order valence-corrected chi connectivity index (χ4v) is 5.75. The minimum absolute atomic E-state index is 0.0607. The Balaban J connectivity index is 1.53. The van der Waals surface area contributed by atoms with Crippen LogP contribution in [-0.4, -0.2) is 34.4 Å². The Morgan fingerprint density at radius 2 is 1.78 bits per heavy atom. The van der Waals surface area contributed by atoms with Gasteiger partial charge in [-0.15, -0.1) is 0 Å². The predicted molar refractivity (Wildman–Crippen MR) is 100 cm³/mol. The number of nitrogens with one attached hydrogen (secondary N) is 1. The van der Waals surface area contributed by atoms with E-state index in [4.69, 9.17) is 0 Å². The molecule has 2 bridgehead atoms. The molecule has 27 heavy (non-hydrogen) atoms. The smallest absolute Gasteiger partial charge is 0.123 e. The van der Waals surface area contributed by atoms with E-state index in [2.05, 4.69) is 14.8 Å². The number of H-pyrrole nitrogens is 1. The highest BCUT2D eigenvalue weighted by Crippen LogP contribution is 2.53. The third-order valence-electron chi connectivity index (χ3n) is 6.90. The summed E-state index contributed by atoms with van der Waals surface area (Å²) in [5.74, 6) is -0.358. The Kier molecular flexibility index (Phi) is 3.15. The van der Waals surface area contributed by atoms with Crippen LogP contribution in [0.3, 0.4) is 0 Å². The fourth-order valence-electron chi connectivity index (χ4n) is 5.75. The topological polar surface area (TPSA) is 22.3 Å². The highest BCUT2D eigenvalue weighted by Gasteiger charge is 2.55. The number of rotatable bonds is 1. The zero-order valence-corrected chi connectivity index (χ0v) is 15.0. The first kappa shape index (κ1) is 15.8. The number of aromatic amines is 1. The number of halogens is 2. The van der Waals surface area contributed by atoms with E-state index in [1.807, 2.05) is 18.2 Å². The molecule has 0 radical (unpaired) electrons. The Morgan fingerprint density at radius 1 is 0.963 bits per heavy atom. The molecule has 138 valence electrons. The maximum atomic E-state index is 13.9. The van der Waals surface area contributed by atoms with E-state index in [0.717, 1.165) is 55.4 Å². The van der Waals surface area contributed by atoms with E-state index < -0.39 is 0 Å². The lowest BCUT2D eigenvalue weighted by Gasteiger charge is -2.62. The van der Waals surface area contributed by atoms with Gasteiger partial charge in [0.2, 0.25) is 0 Å². The van der Waals surface area contributed by atoms with Crippen LogP contribution < -0.4 is 0 Å². The van der Waals surface area contributed by atoms with Crippen LogP contribution in [0, 0.1) is 11.6 Å². The normalized spacial score (nSPS) is 29.7. The third kappa shape index (κ3) is 2.07. The molecule has 5 heterocycles. The van der Waals surface area contributed by atoms with Crippen molar-refractivity contribution in [2.24, 2.45) is 0 Å². The van der Waals surface area contributed by atoms with E-state index in [1.165, 1.54) is 23.4 Å². The molecule has 3 nitrogen and oxygen atoms in total. The van der Waals surface area contributed by atoms with Gasteiger partial charge in [-0.1, -0.05) is 12.1 Å². The first-order chi connectivity index (χ1) is 13.2. The highest BCUT2D eigenvalue weighted by atomic mass is 19.1. The van der Waals surface area contributed by atoms with E-state index in [0.29, 0.717) is 0 Å². The first-order valence-corrected chi connectivity index (χ1v) is 9.73. The zero-order valence-electron chi connectivity index (χ0n) is 15.0. The highest BCUT2D eigenvalue weighted by molar-refractivity contribution is 5.85. The first-order valence-electron chi connectivity index (χ1n) is 9.73. The Labute approximate surface area is 156 Å². The van der Waals surface area contributed by atoms with E-state index >= 15 is 0 Å². The van der Waals surface area contributed by atoms with Crippen molar-refractivity contribution >= 4 is 10.9 Å². The van der Waals surface area contributed by atoms with Gasteiger partial charge in [0.05, 0.1) is 11.7 Å². The van der Waals surface area contributed by atoms with Gasteiger partial charge in [-0.2, -0.15) is 0 Å². The summed E-state index contributed by atoms with van der Waals surface area (Å²) >= 11 is 0. The summed E-state index contributed by atoms with van der Waals surface area (Å²) in [6.07, 6.45) is 3.11. The van der Waals surface area contributed by atoms with Crippen molar-refractivity contribution in [3.8, 4) is 0 Å². The molecular formula is C22H21F2N3. The monoisotopic (exact) mass is 365 g/mol. The molecule has 4 aliphatic heterocycles. The second-order valence-electron chi connectivity index (χ2n) is 8.11. The second-order valence-corrected chi connectivity index (χ2v) is 8.11. The fraction of sp³-hybridized carbons (Fsp3) is 0.364. The molecule has 5 heteroatoms. The molecular weight excluding hydrogens is 344 g/mol. The van der Waals surface area contributed by atoms with Gasteiger partial charge in [-0.25, -0.2) is 8.78 Å². The molecule has 1 aromatic heterocycles. The maximum absolute atomic E-state index is 13.9. The number of piperidine rings is 1. The minimum Gasteiger partial charge on any atom is -0.357 e. The van der Waals surface area contributed by atoms with Crippen LogP contribution in [0.1, 0.15) is 35.8 Å². The number of hydrogen-bond acceptors (Lipinski definition) is 2. The summed E-state index contributed by atoms with van der Waals surface area (Å²) < 4.78 is 27.8. The number of benzene rings is 2. The maximum Gasteiger partial charge on any atom is 0.123 e. The van der Waals surface area contributed by atoms with Gasteiger partial charge >= 0.3 is 0 Å². The summed E-state index contributed by atoms with van der Waals surface area (Å²) in [7, 11) is 0. The summed E-state index contributed by atoms with van der Waals surface area (Å²) in [5.41, 5.74) is 4.52. The molecule has 0 unspecified atom stereocenters. The van der Waals surface area contributed by atoms with E-state index in [9.17, 15) is 8.78 Å². The predicted octanol–water partition coefficient (Wildman–Crippen LogP) is 4.31. The molecule has 2 aromatic carbocycles. The molecule has 0 aliphatic carbocycles. The van der Waals surface area contributed by atoms with Crippen LogP contribution in [0.2, 0.25) is 0 Å². The van der Waals surface area contributed by atoms with Crippen molar-refractivity contribution in [2.75, 3.05) is 19.6 Å². The molecule has 1 spiro atoms. The quantitative estimate of drug-likeness (QED) is 0.694. The minimum atomic E-state index is -0.180. The third-order valence-corrected chi connectivity index (χ3v) is 6.90. The van der Waals surface area contributed by atoms with Crippen molar-refractivity contribution in [2.45, 2.75) is 31.0 Å². The van der Waals surface area contributed by atoms with Gasteiger partial charge in [0.25, 0.3) is 0 Å². The van der Waals surface area contributed by atoms with Crippen LogP contribution >= 0.6 is 0 Å². The van der Waals surface area contributed by atoms with Crippen LogP contribution in [0.15, 0.2) is 42.5 Å². The number of hydrogen-bond donors (Lipinski definition) is 1. The molecule has 1 N–H and O–H groups in total. The van der Waals surface area contributed by atoms with Crippen LogP contribution in [0.25, 0.3) is 10.9 Å². The lowest BCUT2D eigenvalue weighted by Crippen LogP contribution is -2.66. The standard InChI is InChI=1S/C22H21F2N3/c23-15-3-1-2-14(12-15)21-26-10-7-22(8-11-26)20-17(6-9-27(21)22)18-13-16(24)4-5-19(18)25-20/h1-5,12-13,21,25H,6-11H2/t21-/m0/s1. The van der Waals surface area contributed by atoms with Gasteiger partial charge in [0.1, 0.15) is 11.6 Å². The van der Waals surface area contributed by atoms with E-state index in [-0.39, 0.29) is 23.3 Å². The summed E-state index contributed by atoms with van der Waals surface area (Å²) in [4.78, 5) is 8.68. The van der Waals surface area contributed by atoms with Crippen molar-refractivity contribution in [1.29, 1.82) is 0 Å². The van der Waals surface area contributed by atoms with Gasteiger partial charge in [0, 0.05) is 36.2 Å². The summed E-state index contributed by atoms with van der Waals surface area (Å²) in [6, 6.07) is 12.1. The molecule has 3 aromatic rings. The van der Waals surface area contributed by atoms with Gasteiger partial charge in [-0.05, 0) is 60.7 Å². The van der Waals surface area contributed by atoms with Crippen LogP contribution in [0.5, 0.6) is 0 Å². The van der Waals surface area contributed by atoms with Crippen LogP contribution in [-0.2, 0) is 12.0 Å². The zero-order chi connectivity index (χ0) is 18.2. The van der Waals surface area contributed by atoms with Crippen LogP contribution in [0.4, 0.5) is 8.78 Å². The average Bonchev–Trinajstić information content (AvgIpc) is 3.06. The van der Waals surface area contributed by atoms with Gasteiger partial charge < -0.3 is 4.98 Å². The number of nitrogens with zero attached hydrogens (tertiary/aromatic N) is 2. The summed E-state index contributed by atoms with van der Waals surface area (Å²) in [5, 5.41) is 1.02. The molecule has 3 fully saturated rings. The molecule has 4 aliphatic rings. The Hall–Kier alpha value is -2.24. The van der Waals surface area contributed by atoms with Crippen molar-refractivity contribution in [3.05, 3.63) is 70.9 Å². The molecule has 0 amide bonds. The molecule has 1 atom stereocenters. The van der Waals surface area contributed by atoms with Crippen molar-refractivity contribution in [3.63, 3.8) is 0 Å². The molecule has 7 rings (SSSR count). The van der Waals surface area contributed by atoms with Crippen molar-refractivity contribution < 1.29 is 8.78 Å². The average molecular weight is 365 g/mol. The molecule has 0 saturated carbocycles. The molecule has 3 saturated heterocycles. The van der Waals surface area contributed by atoms with Gasteiger partial charge in [0.15, 0.2) is 0 Å². The van der Waals surface area contributed by atoms with Gasteiger partial charge in [-0.3, -0.25) is 9.80 Å². The lowest BCUT2D eigenvalue weighted by atomic mass is 9.73. The Bertz CT molecular complexity index is 1050. The van der Waals surface area contributed by atoms with E-state index in [1.54, 1.807) is 12.1 Å². The van der Waals surface area contributed by atoms with Crippen molar-refractivity contribution in [1.82, 2.24) is 14.8 Å².